The number of carbonyl (C=O) groups is 1. The molecule has 2 atom stereocenters. The quantitative estimate of drug-likeness (QED) is 0.786. The van der Waals surface area contributed by atoms with Crippen molar-refractivity contribution >= 4 is 5.97 Å². The molecule has 4 heteroatoms. The highest BCUT2D eigenvalue weighted by Gasteiger charge is 2.47. The molecule has 1 aliphatic heterocycles. The van der Waals surface area contributed by atoms with Crippen molar-refractivity contribution in [1.29, 1.82) is 0 Å². The zero-order chi connectivity index (χ0) is 14.4. The summed E-state index contributed by atoms with van der Waals surface area (Å²) in [6.07, 6.45) is 8.29. The first kappa shape index (κ1) is 15.8. The average molecular weight is 282 g/mol. The molecule has 4 nitrogen and oxygen atoms in total. The molecule has 0 aromatic carbocycles. The molecule has 0 amide bonds. The van der Waals surface area contributed by atoms with Gasteiger partial charge in [0.2, 0.25) is 0 Å². The second-order valence-corrected chi connectivity index (χ2v) is 6.18. The third-order valence-electron chi connectivity index (χ3n) is 4.83. The van der Waals surface area contributed by atoms with Crippen LogP contribution in [0, 0.1) is 0 Å². The van der Waals surface area contributed by atoms with Crippen LogP contribution >= 0.6 is 0 Å². The first-order chi connectivity index (χ1) is 9.72. The molecule has 2 rings (SSSR count). The standard InChI is InChI=1S/C16H30N2O2/c1-3-17-16(15(19)20-4-2)10-9-14(13-16)18-11-7-5-6-8-12-18/h14,17H,3-13H2,1-2H3. The summed E-state index contributed by atoms with van der Waals surface area (Å²) in [4.78, 5) is 15.0. The molecule has 0 spiro atoms. The van der Waals surface area contributed by atoms with Crippen LogP contribution in [-0.4, -0.2) is 48.7 Å². The van der Waals surface area contributed by atoms with Crippen LogP contribution in [0.5, 0.6) is 0 Å². The van der Waals surface area contributed by atoms with Gasteiger partial charge in [0.05, 0.1) is 6.61 Å². The van der Waals surface area contributed by atoms with E-state index in [-0.39, 0.29) is 5.97 Å². The van der Waals surface area contributed by atoms with Crippen LogP contribution in [0.1, 0.15) is 58.8 Å². The molecule has 0 bridgehead atoms. The van der Waals surface area contributed by atoms with E-state index in [2.05, 4.69) is 17.1 Å². The van der Waals surface area contributed by atoms with Crippen molar-refractivity contribution in [3.63, 3.8) is 0 Å². The first-order valence-corrected chi connectivity index (χ1v) is 8.38. The average Bonchev–Trinajstić information content (AvgIpc) is 2.70. The smallest absolute Gasteiger partial charge is 0.326 e. The largest absolute Gasteiger partial charge is 0.465 e. The molecule has 2 fully saturated rings. The number of likely N-dealkylation sites (N-methyl/N-ethyl adjacent to an activating group) is 1. The maximum absolute atomic E-state index is 12.4. The molecule has 0 aromatic heterocycles. The molecule has 1 saturated carbocycles. The van der Waals surface area contributed by atoms with E-state index in [1.165, 1.54) is 38.8 Å². The molecule has 1 saturated heterocycles. The van der Waals surface area contributed by atoms with E-state index in [1.54, 1.807) is 0 Å². The summed E-state index contributed by atoms with van der Waals surface area (Å²) in [5, 5.41) is 3.43. The van der Waals surface area contributed by atoms with Gasteiger partial charge in [-0.15, -0.1) is 0 Å². The van der Waals surface area contributed by atoms with Crippen LogP contribution in [0.2, 0.25) is 0 Å². The van der Waals surface area contributed by atoms with Crippen molar-refractivity contribution in [2.75, 3.05) is 26.2 Å². The van der Waals surface area contributed by atoms with Crippen LogP contribution in [0.15, 0.2) is 0 Å². The fraction of sp³-hybridized carbons (Fsp3) is 0.938. The van der Waals surface area contributed by atoms with Gasteiger partial charge in [0.1, 0.15) is 5.54 Å². The number of carbonyl (C=O) groups excluding carboxylic acids is 1. The minimum Gasteiger partial charge on any atom is -0.465 e. The Morgan fingerprint density at radius 3 is 2.55 bits per heavy atom. The number of nitrogens with zero attached hydrogens (tertiary/aromatic N) is 1. The predicted octanol–water partition coefficient (Wildman–Crippen LogP) is 2.33. The third-order valence-corrected chi connectivity index (χ3v) is 4.83. The molecule has 0 aromatic rings. The minimum atomic E-state index is -0.429. The highest BCUT2D eigenvalue weighted by Crippen LogP contribution is 2.35. The van der Waals surface area contributed by atoms with Gasteiger partial charge < -0.3 is 15.0 Å². The Hall–Kier alpha value is -0.610. The maximum Gasteiger partial charge on any atom is 0.326 e. The summed E-state index contributed by atoms with van der Waals surface area (Å²) in [5.74, 6) is -0.0424. The highest BCUT2D eigenvalue weighted by atomic mass is 16.5. The minimum absolute atomic E-state index is 0.0424. The molecular weight excluding hydrogens is 252 g/mol. The lowest BCUT2D eigenvalue weighted by Gasteiger charge is -2.31. The Balaban J connectivity index is 2.00. The summed E-state index contributed by atoms with van der Waals surface area (Å²) in [6.45, 7) is 7.66. The van der Waals surface area contributed by atoms with Gasteiger partial charge in [-0.25, -0.2) is 0 Å². The molecule has 116 valence electrons. The van der Waals surface area contributed by atoms with Gasteiger partial charge in [0.15, 0.2) is 0 Å². The van der Waals surface area contributed by atoms with E-state index in [4.69, 9.17) is 4.74 Å². The molecule has 2 unspecified atom stereocenters. The van der Waals surface area contributed by atoms with Gasteiger partial charge in [-0.05, 0) is 58.7 Å². The summed E-state index contributed by atoms with van der Waals surface area (Å²) < 4.78 is 5.32. The number of ether oxygens (including phenoxy) is 1. The first-order valence-electron chi connectivity index (χ1n) is 8.38. The van der Waals surface area contributed by atoms with Crippen molar-refractivity contribution in [3.8, 4) is 0 Å². The lowest BCUT2D eigenvalue weighted by Crippen LogP contribution is -2.52. The summed E-state index contributed by atoms with van der Waals surface area (Å²) in [7, 11) is 0. The number of nitrogens with one attached hydrogen (secondary N) is 1. The number of likely N-dealkylation sites (tertiary alicyclic amines) is 1. The van der Waals surface area contributed by atoms with Gasteiger partial charge in [0, 0.05) is 6.04 Å². The topological polar surface area (TPSA) is 41.6 Å². The van der Waals surface area contributed by atoms with Crippen LogP contribution in [0.25, 0.3) is 0 Å². The second kappa shape index (κ2) is 7.41. The Kier molecular flexibility index (Phi) is 5.85. The molecule has 0 radical (unpaired) electrons. The third kappa shape index (κ3) is 3.53. The molecule has 1 heterocycles. The lowest BCUT2D eigenvalue weighted by molar-refractivity contribution is -0.151. The van der Waals surface area contributed by atoms with Crippen LogP contribution in [0.4, 0.5) is 0 Å². The normalized spacial score (nSPS) is 32.0. The van der Waals surface area contributed by atoms with Gasteiger partial charge in [-0.1, -0.05) is 19.8 Å². The van der Waals surface area contributed by atoms with E-state index >= 15 is 0 Å². The number of hydrogen-bond acceptors (Lipinski definition) is 4. The fourth-order valence-electron chi connectivity index (χ4n) is 3.82. The van der Waals surface area contributed by atoms with Crippen molar-refractivity contribution in [2.24, 2.45) is 0 Å². The number of esters is 1. The van der Waals surface area contributed by atoms with Crippen molar-refractivity contribution < 1.29 is 9.53 Å². The highest BCUT2D eigenvalue weighted by molar-refractivity contribution is 5.81. The Bertz CT molecular complexity index is 314. The van der Waals surface area contributed by atoms with Gasteiger partial charge in [0.25, 0.3) is 0 Å². The fourth-order valence-corrected chi connectivity index (χ4v) is 3.82. The van der Waals surface area contributed by atoms with Crippen molar-refractivity contribution in [1.82, 2.24) is 10.2 Å². The zero-order valence-electron chi connectivity index (χ0n) is 13.1. The summed E-state index contributed by atoms with van der Waals surface area (Å²) >= 11 is 0. The van der Waals surface area contributed by atoms with Gasteiger partial charge in [-0.2, -0.15) is 0 Å². The molecule has 1 N–H and O–H groups in total. The molecule has 2 aliphatic rings. The van der Waals surface area contributed by atoms with Gasteiger partial charge in [-0.3, -0.25) is 4.79 Å². The number of hydrogen-bond donors (Lipinski definition) is 1. The SMILES string of the molecule is CCNC1(C(=O)OCC)CCC(N2CCCCCC2)C1. The van der Waals surface area contributed by atoms with E-state index in [0.717, 1.165) is 25.8 Å². The van der Waals surface area contributed by atoms with Crippen LogP contribution < -0.4 is 5.32 Å². The Morgan fingerprint density at radius 2 is 1.95 bits per heavy atom. The van der Waals surface area contributed by atoms with E-state index in [1.807, 2.05) is 6.92 Å². The van der Waals surface area contributed by atoms with E-state index < -0.39 is 5.54 Å². The summed E-state index contributed by atoms with van der Waals surface area (Å²) in [6, 6.07) is 0.552. The van der Waals surface area contributed by atoms with Crippen LogP contribution in [-0.2, 0) is 9.53 Å². The molecule has 20 heavy (non-hydrogen) atoms. The number of rotatable bonds is 5. The second-order valence-electron chi connectivity index (χ2n) is 6.18. The zero-order valence-corrected chi connectivity index (χ0v) is 13.1. The maximum atomic E-state index is 12.4. The summed E-state index contributed by atoms with van der Waals surface area (Å²) in [5.41, 5.74) is -0.429. The van der Waals surface area contributed by atoms with E-state index in [9.17, 15) is 4.79 Å². The lowest BCUT2D eigenvalue weighted by atomic mass is 9.97. The van der Waals surface area contributed by atoms with Gasteiger partial charge >= 0.3 is 5.97 Å². The molecular formula is C16H30N2O2. The molecule has 1 aliphatic carbocycles. The van der Waals surface area contributed by atoms with E-state index in [0.29, 0.717) is 12.6 Å². The predicted molar refractivity (Wildman–Crippen MR) is 80.7 cm³/mol. The van der Waals surface area contributed by atoms with Crippen molar-refractivity contribution in [2.45, 2.75) is 70.4 Å². The monoisotopic (exact) mass is 282 g/mol. The van der Waals surface area contributed by atoms with Crippen LogP contribution in [0.3, 0.4) is 0 Å². The Morgan fingerprint density at radius 1 is 1.25 bits per heavy atom. The Labute approximate surface area is 123 Å². The van der Waals surface area contributed by atoms with Crippen molar-refractivity contribution in [3.05, 3.63) is 0 Å².